The Kier molecular flexibility index (Phi) is 4.92. The number of ether oxygens (including phenoxy) is 1. The Labute approximate surface area is 140 Å². The molecular formula is C18H21NO3S. The van der Waals surface area contributed by atoms with Crippen LogP contribution >= 0.6 is 11.8 Å². The Balaban J connectivity index is 2.11. The molecule has 2 aromatic rings. The van der Waals surface area contributed by atoms with Crippen molar-refractivity contribution in [2.75, 3.05) is 26.0 Å². The molecule has 122 valence electrons. The Bertz CT molecular complexity index is 692. The molecule has 0 radical (unpaired) electrons. The van der Waals surface area contributed by atoms with Crippen molar-refractivity contribution in [3.8, 4) is 5.75 Å². The molecule has 4 nitrogen and oxygen atoms in total. The SMILES string of the molecule is CSc1ccc2c(c1)COc1ccccc1C2(O)CNCCO. The van der Waals surface area contributed by atoms with Gasteiger partial charge in [-0.3, -0.25) is 0 Å². The van der Waals surface area contributed by atoms with Crippen molar-refractivity contribution >= 4 is 11.8 Å². The Hall–Kier alpha value is -1.53. The molecule has 3 N–H and O–H groups in total. The number of benzene rings is 2. The van der Waals surface area contributed by atoms with Crippen LogP contribution in [-0.4, -0.2) is 36.2 Å². The number of fused-ring (bicyclic) bond motifs is 2. The summed E-state index contributed by atoms with van der Waals surface area (Å²) in [6.45, 7) is 1.22. The molecule has 1 unspecified atom stereocenters. The largest absolute Gasteiger partial charge is 0.488 e. The molecule has 1 aliphatic rings. The third-order valence-electron chi connectivity index (χ3n) is 4.14. The van der Waals surface area contributed by atoms with E-state index in [9.17, 15) is 5.11 Å². The molecule has 3 rings (SSSR count). The Morgan fingerprint density at radius 1 is 1.22 bits per heavy atom. The summed E-state index contributed by atoms with van der Waals surface area (Å²) in [5, 5.41) is 23.7. The van der Waals surface area contributed by atoms with Gasteiger partial charge < -0.3 is 20.3 Å². The number of para-hydroxylation sites is 1. The highest BCUT2D eigenvalue weighted by atomic mass is 32.2. The first-order valence-electron chi connectivity index (χ1n) is 7.62. The molecule has 0 aromatic heterocycles. The first-order chi connectivity index (χ1) is 11.2. The van der Waals surface area contributed by atoms with Crippen molar-refractivity contribution < 1.29 is 14.9 Å². The molecule has 1 atom stereocenters. The van der Waals surface area contributed by atoms with E-state index in [2.05, 4.69) is 11.4 Å². The number of rotatable bonds is 5. The number of hydrogen-bond donors (Lipinski definition) is 3. The number of hydrogen-bond acceptors (Lipinski definition) is 5. The molecule has 1 heterocycles. The standard InChI is InChI=1S/C18H21NO3S/c1-23-14-6-7-15-13(10-14)11-22-17-5-3-2-4-16(17)18(15,21)12-19-8-9-20/h2-7,10,19-21H,8-9,11-12H2,1H3. The average Bonchev–Trinajstić information content (AvgIpc) is 2.71. The van der Waals surface area contributed by atoms with E-state index in [1.165, 1.54) is 0 Å². The molecule has 5 heteroatoms. The molecule has 0 aliphatic carbocycles. The van der Waals surface area contributed by atoms with E-state index in [-0.39, 0.29) is 6.61 Å². The number of thioether (sulfide) groups is 1. The molecule has 0 amide bonds. The van der Waals surface area contributed by atoms with Gasteiger partial charge in [0.2, 0.25) is 0 Å². The maximum absolute atomic E-state index is 11.5. The lowest BCUT2D eigenvalue weighted by atomic mass is 9.83. The zero-order valence-corrected chi connectivity index (χ0v) is 13.9. The first-order valence-corrected chi connectivity index (χ1v) is 8.85. The van der Waals surface area contributed by atoms with Crippen LogP contribution in [0, 0.1) is 0 Å². The van der Waals surface area contributed by atoms with Gasteiger partial charge in [-0.1, -0.05) is 24.3 Å². The van der Waals surface area contributed by atoms with Gasteiger partial charge in [-0.15, -0.1) is 11.8 Å². The van der Waals surface area contributed by atoms with Crippen molar-refractivity contribution in [3.05, 3.63) is 59.2 Å². The monoisotopic (exact) mass is 331 g/mol. The molecule has 0 saturated heterocycles. The van der Waals surface area contributed by atoms with E-state index >= 15 is 0 Å². The summed E-state index contributed by atoms with van der Waals surface area (Å²) in [6, 6.07) is 13.7. The van der Waals surface area contributed by atoms with E-state index in [1.54, 1.807) is 11.8 Å². The van der Waals surface area contributed by atoms with E-state index < -0.39 is 5.60 Å². The lowest BCUT2D eigenvalue weighted by Gasteiger charge is -2.30. The summed E-state index contributed by atoms with van der Waals surface area (Å²) < 4.78 is 5.93. The maximum atomic E-state index is 11.5. The number of aliphatic hydroxyl groups excluding tert-OH is 1. The molecule has 2 aromatic carbocycles. The van der Waals surface area contributed by atoms with E-state index in [4.69, 9.17) is 9.84 Å². The number of nitrogens with one attached hydrogen (secondary N) is 1. The minimum atomic E-state index is -1.19. The number of aliphatic hydroxyl groups is 2. The predicted molar refractivity (Wildman–Crippen MR) is 92.0 cm³/mol. The van der Waals surface area contributed by atoms with E-state index in [0.29, 0.717) is 25.4 Å². The highest BCUT2D eigenvalue weighted by molar-refractivity contribution is 7.98. The minimum Gasteiger partial charge on any atom is -0.488 e. The summed E-state index contributed by atoms with van der Waals surface area (Å²) in [6.07, 6.45) is 2.03. The fourth-order valence-corrected chi connectivity index (χ4v) is 3.46. The second-order valence-electron chi connectivity index (χ2n) is 5.57. The van der Waals surface area contributed by atoms with Crippen LogP contribution in [0.5, 0.6) is 5.75 Å². The quantitative estimate of drug-likeness (QED) is 0.579. The van der Waals surface area contributed by atoms with Crippen LogP contribution in [-0.2, 0) is 12.2 Å². The third-order valence-corrected chi connectivity index (χ3v) is 4.87. The highest BCUT2D eigenvalue weighted by Gasteiger charge is 2.37. The van der Waals surface area contributed by atoms with Gasteiger partial charge >= 0.3 is 0 Å². The van der Waals surface area contributed by atoms with Gasteiger partial charge in [0.25, 0.3) is 0 Å². The zero-order valence-electron chi connectivity index (χ0n) is 13.1. The van der Waals surface area contributed by atoms with Crippen molar-refractivity contribution in [3.63, 3.8) is 0 Å². The summed E-state index contributed by atoms with van der Waals surface area (Å²) in [4.78, 5) is 1.14. The van der Waals surface area contributed by atoms with Gasteiger partial charge in [0, 0.05) is 23.5 Å². The van der Waals surface area contributed by atoms with Crippen LogP contribution in [0.2, 0.25) is 0 Å². The van der Waals surface area contributed by atoms with Crippen LogP contribution in [0.4, 0.5) is 0 Å². The molecule has 1 aliphatic heterocycles. The van der Waals surface area contributed by atoms with Gasteiger partial charge in [0.15, 0.2) is 0 Å². The predicted octanol–water partition coefficient (Wildman–Crippen LogP) is 2.12. The summed E-state index contributed by atoms with van der Waals surface area (Å²) in [7, 11) is 0. The smallest absolute Gasteiger partial charge is 0.131 e. The highest BCUT2D eigenvalue weighted by Crippen LogP contribution is 2.41. The average molecular weight is 331 g/mol. The summed E-state index contributed by atoms with van der Waals surface area (Å²) in [5.74, 6) is 0.697. The molecular weight excluding hydrogens is 310 g/mol. The summed E-state index contributed by atoms with van der Waals surface area (Å²) in [5.41, 5.74) is 1.40. The molecule has 23 heavy (non-hydrogen) atoms. The Morgan fingerprint density at radius 3 is 2.83 bits per heavy atom. The molecule has 0 fully saturated rings. The molecule has 0 spiro atoms. The third kappa shape index (κ3) is 3.10. The molecule has 0 bridgehead atoms. The van der Waals surface area contributed by atoms with E-state index in [0.717, 1.165) is 21.6 Å². The van der Waals surface area contributed by atoms with Crippen molar-refractivity contribution in [2.24, 2.45) is 0 Å². The van der Waals surface area contributed by atoms with Crippen LogP contribution in [0.1, 0.15) is 16.7 Å². The second-order valence-corrected chi connectivity index (χ2v) is 6.45. The lowest BCUT2D eigenvalue weighted by Crippen LogP contribution is -2.40. The van der Waals surface area contributed by atoms with Gasteiger partial charge in [-0.2, -0.15) is 0 Å². The minimum absolute atomic E-state index is 0.0342. The second kappa shape index (κ2) is 6.93. The fraction of sp³-hybridized carbons (Fsp3) is 0.333. The summed E-state index contributed by atoms with van der Waals surface area (Å²) >= 11 is 1.67. The van der Waals surface area contributed by atoms with Crippen molar-refractivity contribution in [1.29, 1.82) is 0 Å². The van der Waals surface area contributed by atoms with E-state index in [1.807, 2.05) is 42.7 Å². The zero-order chi connectivity index (χ0) is 16.3. The van der Waals surface area contributed by atoms with Gasteiger partial charge in [0.05, 0.1) is 6.61 Å². The van der Waals surface area contributed by atoms with Crippen LogP contribution in [0.3, 0.4) is 0 Å². The topological polar surface area (TPSA) is 61.7 Å². The van der Waals surface area contributed by atoms with Gasteiger partial charge in [-0.05, 0) is 35.6 Å². The van der Waals surface area contributed by atoms with Crippen LogP contribution in [0.25, 0.3) is 0 Å². The van der Waals surface area contributed by atoms with Gasteiger partial charge in [-0.25, -0.2) is 0 Å². The molecule has 0 saturated carbocycles. The first kappa shape index (κ1) is 16.3. The van der Waals surface area contributed by atoms with Crippen molar-refractivity contribution in [1.82, 2.24) is 5.32 Å². The van der Waals surface area contributed by atoms with Crippen LogP contribution < -0.4 is 10.1 Å². The fourth-order valence-electron chi connectivity index (χ4n) is 2.99. The Morgan fingerprint density at radius 2 is 2.04 bits per heavy atom. The van der Waals surface area contributed by atoms with Crippen molar-refractivity contribution in [2.45, 2.75) is 17.1 Å². The van der Waals surface area contributed by atoms with Crippen LogP contribution in [0.15, 0.2) is 47.4 Å². The maximum Gasteiger partial charge on any atom is 0.131 e. The van der Waals surface area contributed by atoms with Gasteiger partial charge in [0.1, 0.15) is 18.0 Å². The lowest BCUT2D eigenvalue weighted by molar-refractivity contribution is 0.0779. The normalized spacial score (nSPS) is 19.4.